The first-order valence-corrected chi connectivity index (χ1v) is 16.9. The molecule has 1 spiro atoms. The molecule has 7 aromatic rings. The molecular weight excluding hydrogens is 595 g/mol. The second-order valence-electron chi connectivity index (χ2n) is 13.0. The monoisotopic (exact) mass is 625 g/mol. The Kier molecular flexibility index (Phi) is 6.16. The van der Waals surface area contributed by atoms with Crippen LogP contribution >= 0.6 is 0 Å². The third-order valence-corrected chi connectivity index (χ3v) is 10.3. The van der Waals surface area contributed by atoms with Crippen molar-refractivity contribution in [1.82, 2.24) is 5.32 Å². The van der Waals surface area contributed by atoms with E-state index in [0.29, 0.717) is 0 Å². The third kappa shape index (κ3) is 4.15. The van der Waals surface area contributed by atoms with E-state index in [1.54, 1.807) is 0 Å². The minimum atomic E-state index is -0.384. The summed E-state index contributed by atoms with van der Waals surface area (Å²) in [6, 6.07) is 63.3. The molecule has 0 unspecified atom stereocenters. The average molecular weight is 626 g/mol. The number of nitrogens with zero attached hydrogens (tertiary/aromatic N) is 2. The highest BCUT2D eigenvalue weighted by Gasteiger charge is 2.51. The number of amidine groups is 2. The summed E-state index contributed by atoms with van der Waals surface area (Å²) in [5, 5.41) is 3.51. The van der Waals surface area contributed by atoms with Crippen molar-refractivity contribution < 1.29 is 0 Å². The van der Waals surface area contributed by atoms with Crippen LogP contribution in [0.25, 0.3) is 33.4 Å². The summed E-state index contributed by atoms with van der Waals surface area (Å²) in [6.07, 6.45) is -0.384. The maximum Gasteiger partial charge on any atom is 0.169 e. The molecule has 1 heterocycles. The van der Waals surface area contributed by atoms with E-state index in [9.17, 15) is 0 Å². The van der Waals surface area contributed by atoms with Crippen LogP contribution in [-0.2, 0) is 5.41 Å². The van der Waals surface area contributed by atoms with Gasteiger partial charge >= 0.3 is 0 Å². The van der Waals surface area contributed by atoms with Crippen molar-refractivity contribution in [3.63, 3.8) is 0 Å². The molecule has 0 aromatic heterocycles. The Balaban J connectivity index is 1.13. The molecule has 230 valence electrons. The molecule has 0 saturated carbocycles. The molecule has 0 radical (unpaired) electrons. The molecule has 0 fully saturated rings. The molecule has 0 bridgehead atoms. The molecule has 10 rings (SSSR count). The summed E-state index contributed by atoms with van der Waals surface area (Å²) in [5.41, 5.74) is 15.7. The zero-order chi connectivity index (χ0) is 32.4. The molecule has 3 nitrogen and oxygen atoms in total. The van der Waals surface area contributed by atoms with Crippen molar-refractivity contribution in [2.24, 2.45) is 9.98 Å². The highest BCUT2D eigenvalue weighted by molar-refractivity contribution is 6.15. The van der Waals surface area contributed by atoms with Crippen LogP contribution in [0, 0.1) is 0 Å². The fourth-order valence-corrected chi connectivity index (χ4v) is 8.24. The van der Waals surface area contributed by atoms with Crippen LogP contribution in [0.4, 0.5) is 0 Å². The van der Waals surface area contributed by atoms with Gasteiger partial charge in [-0.1, -0.05) is 164 Å². The summed E-state index contributed by atoms with van der Waals surface area (Å²) >= 11 is 0. The van der Waals surface area contributed by atoms with Gasteiger partial charge < -0.3 is 5.32 Å². The van der Waals surface area contributed by atoms with Crippen LogP contribution < -0.4 is 5.32 Å². The van der Waals surface area contributed by atoms with Gasteiger partial charge in [-0.3, -0.25) is 0 Å². The summed E-state index contributed by atoms with van der Waals surface area (Å²) in [5.74, 6) is 1.64. The van der Waals surface area contributed by atoms with Gasteiger partial charge in [-0.25, -0.2) is 9.98 Å². The lowest BCUT2D eigenvalue weighted by atomic mass is 9.70. The summed E-state index contributed by atoms with van der Waals surface area (Å²) < 4.78 is 0. The quantitative estimate of drug-likeness (QED) is 0.208. The minimum absolute atomic E-state index is 0.370. The largest absolute Gasteiger partial charge is 0.324 e. The second kappa shape index (κ2) is 10.9. The Morgan fingerprint density at radius 1 is 0.367 bits per heavy atom. The third-order valence-electron chi connectivity index (χ3n) is 10.3. The van der Waals surface area contributed by atoms with E-state index in [1.807, 2.05) is 36.4 Å². The Morgan fingerprint density at radius 3 is 1.37 bits per heavy atom. The number of rotatable bonds is 4. The van der Waals surface area contributed by atoms with E-state index in [1.165, 1.54) is 50.1 Å². The first kappa shape index (κ1) is 27.8. The smallest absolute Gasteiger partial charge is 0.169 e. The van der Waals surface area contributed by atoms with Crippen LogP contribution in [0.2, 0.25) is 0 Å². The minimum Gasteiger partial charge on any atom is -0.324 e. The van der Waals surface area contributed by atoms with Gasteiger partial charge in [0.1, 0.15) is 11.7 Å². The Bertz CT molecular complexity index is 2360. The Labute approximate surface area is 286 Å². The second-order valence-corrected chi connectivity index (χ2v) is 13.0. The van der Waals surface area contributed by atoms with E-state index in [-0.39, 0.29) is 11.6 Å². The van der Waals surface area contributed by atoms with E-state index in [2.05, 4.69) is 145 Å². The molecule has 3 aliphatic rings. The fraction of sp³-hybridized carbons (Fsp3) is 0.0435. The number of hydrogen-bond acceptors (Lipinski definition) is 3. The zero-order valence-corrected chi connectivity index (χ0v) is 26.7. The standard InChI is InChI=1S/C46H31N3/c1-3-14-30(15-4-1)43-47-44(31-16-5-2-6-17-31)49-45(48-43)34-19-13-18-32(28-34)33-26-27-38-37-22-9-12-25-41(37)46(42(38)29-33)39-23-10-7-20-35(39)36-21-8-11-24-40(36)46/h1-29,45H,(H,47,48,49). The molecular formula is C46H31N3. The molecule has 49 heavy (non-hydrogen) atoms. The van der Waals surface area contributed by atoms with Gasteiger partial charge in [0, 0.05) is 11.1 Å². The van der Waals surface area contributed by atoms with Gasteiger partial charge in [-0.2, -0.15) is 0 Å². The maximum atomic E-state index is 5.14. The predicted octanol–water partition coefficient (Wildman–Crippen LogP) is 10.2. The van der Waals surface area contributed by atoms with Crippen molar-refractivity contribution in [1.29, 1.82) is 0 Å². The molecule has 3 heteroatoms. The first-order chi connectivity index (χ1) is 24.3. The molecule has 1 aliphatic heterocycles. The molecule has 7 aromatic carbocycles. The summed E-state index contributed by atoms with van der Waals surface area (Å²) in [7, 11) is 0. The highest BCUT2D eigenvalue weighted by atomic mass is 15.2. The lowest BCUT2D eigenvalue weighted by Crippen LogP contribution is -2.35. The fourth-order valence-electron chi connectivity index (χ4n) is 8.24. The molecule has 0 saturated heterocycles. The maximum absolute atomic E-state index is 5.14. The number of benzene rings is 7. The van der Waals surface area contributed by atoms with Gasteiger partial charge in [0.2, 0.25) is 0 Å². The van der Waals surface area contributed by atoms with E-state index >= 15 is 0 Å². The van der Waals surface area contributed by atoms with Gasteiger partial charge in [0.05, 0.1) is 5.41 Å². The van der Waals surface area contributed by atoms with Crippen molar-refractivity contribution in [3.8, 4) is 33.4 Å². The summed E-state index contributed by atoms with van der Waals surface area (Å²) in [6.45, 7) is 0. The van der Waals surface area contributed by atoms with Crippen LogP contribution in [0.15, 0.2) is 186 Å². The zero-order valence-electron chi connectivity index (χ0n) is 26.7. The number of nitrogens with one attached hydrogen (secondary N) is 1. The Morgan fingerprint density at radius 2 is 0.816 bits per heavy atom. The average Bonchev–Trinajstić information content (AvgIpc) is 3.66. The molecule has 1 N–H and O–H groups in total. The highest BCUT2D eigenvalue weighted by Crippen LogP contribution is 2.63. The molecule has 2 aliphatic carbocycles. The van der Waals surface area contributed by atoms with Crippen LogP contribution in [-0.4, -0.2) is 11.7 Å². The van der Waals surface area contributed by atoms with E-state index < -0.39 is 0 Å². The number of fused-ring (bicyclic) bond motifs is 10. The van der Waals surface area contributed by atoms with Crippen molar-refractivity contribution >= 4 is 11.7 Å². The van der Waals surface area contributed by atoms with Gasteiger partial charge in [-0.05, 0) is 73.3 Å². The first-order valence-electron chi connectivity index (χ1n) is 16.9. The molecule has 0 atom stereocenters. The normalized spacial score (nSPS) is 15.0. The van der Waals surface area contributed by atoms with E-state index in [0.717, 1.165) is 33.9 Å². The van der Waals surface area contributed by atoms with Crippen molar-refractivity contribution in [2.75, 3.05) is 0 Å². The predicted molar refractivity (Wildman–Crippen MR) is 200 cm³/mol. The van der Waals surface area contributed by atoms with Crippen molar-refractivity contribution in [3.05, 3.63) is 215 Å². The van der Waals surface area contributed by atoms with Gasteiger partial charge in [-0.15, -0.1) is 0 Å². The molecule has 0 amide bonds. The number of aliphatic imine (C=N–C) groups is 2. The van der Waals surface area contributed by atoms with Crippen molar-refractivity contribution in [2.45, 2.75) is 11.6 Å². The van der Waals surface area contributed by atoms with Crippen LogP contribution in [0.5, 0.6) is 0 Å². The lowest BCUT2D eigenvalue weighted by Gasteiger charge is -2.30. The van der Waals surface area contributed by atoms with Gasteiger partial charge in [0.25, 0.3) is 0 Å². The van der Waals surface area contributed by atoms with E-state index in [4.69, 9.17) is 9.98 Å². The van der Waals surface area contributed by atoms with Crippen LogP contribution in [0.3, 0.4) is 0 Å². The topological polar surface area (TPSA) is 36.8 Å². The Hall–Kier alpha value is -6.32. The summed E-state index contributed by atoms with van der Waals surface area (Å²) in [4.78, 5) is 10.3. The number of hydrogen-bond donors (Lipinski definition) is 1. The van der Waals surface area contributed by atoms with Crippen LogP contribution in [0.1, 0.15) is 45.1 Å². The van der Waals surface area contributed by atoms with Gasteiger partial charge in [0.15, 0.2) is 6.17 Å². The lowest BCUT2D eigenvalue weighted by molar-refractivity contribution is 0.756. The SMILES string of the molecule is c1ccc(C2=NC(c3cccc(-c4ccc5c(c4)C4(c6ccccc6-c6ccccc64)c4ccccc4-5)c3)N=C(c3ccccc3)N2)cc1.